The van der Waals surface area contributed by atoms with Gasteiger partial charge in [0.15, 0.2) is 6.61 Å². The Bertz CT molecular complexity index is 894. The molecule has 30 heavy (non-hydrogen) atoms. The van der Waals surface area contributed by atoms with Crippen molar-refractivity contribution in [3.05, 3.63) is 47.0 Å². The number of carboxylic acid groups (broad SMARTS) is 1. The highest BCUT2D eigenvalue weighted by molar-refractivity contribution is 7.98. The molecule has 0 saturated heterocycles. The van der Waals surface area contributed by atoms with Crippen molar-refractivity contribution in [2.45, 2.75) is 42.7 Å². The van der Waals surface area contributed by atoms with E-state index in [1.165, 1.54) is 17.8 Å². The molecule has 162 valence electrons. The highest BCUT2D eigenvalue weighted by Gasteiger charge is 2.34. The van der Waals surface area contributed by atoms with E-state index in [9.17, 15) is 23.1 Å². The Balaban J connectivity index is 2.09. The van der Waals surface area contributed by atoms with Crippen LogP contribution in [0.3, 0.4) is 0 Å². The molecule has 0 spiro atoms. The van der Waals surface area contributed by atoms with Crippen LogP contribution in [0.5, 0.6) is 5.75 Å². The van der Waals surface area contributed by atoms with E-state index >= 15 is 0 Å². The molecule has 1 atom stereocenters. The number of halogens is 4. The molecule has 0 aromatic heterocycles. The first-order valence-electron chi connectivity index (χ1n) is 9.60. The number of ether oxygens (including phenoxy) is 1. The lowest BCUT2D eigenvalue weighted by atomic mass is 9.83. The lowest BCUT2D eigenvalue weighted by Gasteiger charge is -2.23. The molecule has 0 amide bonds. The van der Waals surface area contributed by atoms with Crippen LogP contribution in [0.2, 0.25) is 5.02 Å². The molecular formula is C22H22ClF3O3S. The second-order valence-corrected chi connectivity index (χ2v) is 8.66. The summed E-state index contributed by atoms with van der Waals surface area (Å²) in [7, 11) is 0. The van der Waals surface area contributed by atoms with E-state index in [1.54, 1.807) is 18.2 Å². The topological polar surface area (TPSA) is 46.5 Å². The first-order valence-corrected chi connectivity index (χ1v) is 11.2. The summed E-state index contributed by atoms with van der Waals surface area (Å²) in [6.45, 7) is -1.48. The van der Waals surface area contributed by atoms with Gasteiger partial charge in [-0.05, 0) is 60.4 Å². The average molecular weight is 459 g/mol. The summed E-state index contributed by atoms with van der Waals surface area (Å²) in [5, 5.41) is 9.84. The van der Waals surface area contributed by atoms with Crippen molar-refractivity contribution in [1.29, 1.82) is 0 Å². The zero-order valence-electron chi connectivity index (χ0n) is 16.3. The van der Waals surface area contributed by atoms with Crippen LogP contribution in [-0.2, 0) is 4.79 Å². The van der Waals surface area contributed by atoms with Crippen LogP contribution in [-0.4, -0.2) is 30.1 Å². The maximum atomic E-state index is 12.8. The molecule has 0 radical (unpaired) electrons. The van der Waals surface area contributed by atoms with Gasteiger partial charge in [0.1, 0.15) is 5.75 Å². The summed E-state index contributed by atoms with van der Waals surface area (Å²) in [4.78, 5) is 13.0. The summed E-state index contributed by atoms with van der Waals surface area (Å²) in [5.41, 5.74) is 1.46. The van der Waals surface area contributed by atoms with Crippen LogP contribution in [0.4, 0.5) is 13.2 Å². The molecule has 8 heteroatoms. The first kappa shape index (κ1) is 22.8. The van der Waals surface area contributed by atoms with Gasteiger partial charge in [-0.1, -0.05) is 36.6 Å². The largest absolute Gasteiger partial charge is 0.482 e. The van der Waals surface area contributed by atoms with E-state index < -0.39 is 24.7 Å². The van der Waals surface area contributed by atoms with Gasteiger partial charge in [-0.25, -0.2) is 0 Å². The Labute approximate surface area is 182 Å². The number of aliphatic carboxylic acids is 1. The Morgan fingerprint density at radius 3 is 2.40 bits per heavy atom. The van der Waals surface area contributed by atoms with Crippen molar-refractivity contribution in [3.63, 3.8) is 0 Å². The number of rotatable bonds is 7. The summed E-state index contributed by atoms with van der Waals surface area (Å²) >= 11 is 7.88. The molecule has 1 N–H and O–H groups in total. The monoisotopic (exact) mass is 458 g/mol. The molecule has 2 aromatic rings. The highest BCUT2D eigenvalue weighted by atomic mass is 35.5. The van der Waals surface area contributed by atoms with E-state index in [2.05, 4.69) is 0 Å². The lowest BCUT2D eigenvalue weighted by molar-refractivity contribution is -0.153. The van der Waals surface area contributed by atoms with Gasteiger partial charge in [0, 0.05) is 10.5 Å². The molecule has 1 aliphatic carbocycles. The second-order valence-electron chi connectivity index (χ2n) is 7.37. The second kappa shape index (κ2) is 9.52. The van der Waals surface area contributed by atoms with Gasteiger partial charge in [0.05, 0.1) is 10.9 Å². The zero-order chi connectivity index (χ0) is 21.9. The van der Waals surface area contributed by atoms with Crippen molar-refractivity contribution >= 4 is 29.3 Å². The van der Waals surface area contributed by atoms with E-state index in [0.29, 0.717) is 16.7 Å². The van der Waals surface area contributed by atoms with Crippen LogP contribution < -0.4 is 4.74 Å². The molecule has 3 rings (SSSR count). The zero-order valence-corrected chi connectivity index (χ0v) is 17.9. The molecule has 0 bridgehead atoms. The molecule has 3 nitrogen and oxygen atoms in total. The first-order chi connectivity index (χ1) is 14.2. The fourth-order valence-corrected chi connectivity index (χ4v) is 4.68. The minimum Gasteiger partial charge on any atom is -0.482 e. The van der Waals surface area contributed by atoms with Crippen molar-refractivity contribution in [3.8, 4) is 16.9 Å². The van der Waals surface area contributed by atoms with Crippen molar-refractivity contribution < 1.29 is 27.8 Å². The summed E-state index contributed by atoms with van der Waals surface area (Å²) < 4.78 is 43.4. The Morgan fingerprint density at radius 2 is 1.87 bits per heavy atom. The van der Waals surface area contributed by atoms with Gasteiger partial charge in [-0.15, -0.1) is 11.8 Å². The average Bonchev–Trinajstić information content (AvgIpc) is 3.20. The van der Waals surface area contributed by atoms with Gasteiger partial charge < -0.3 is 9.84 Å². The number of carboxylic acids is 1. The van der Waals surface area contributed by atoms with Gasteiger partial charge in [0.25, 0.3) is 0 Å². The smallest absolute Gasteiger partial charge is 0.422 e. The number of alkyl halides is 3. The fraction of sp³-hybridized carbons (Fsp3) is 0.409. The third kappa shape index (κ3) is 5.43. The highest BCUT2D eigenvalue weighted by Crippen LogP contribution is 2.44. The molecule has 1 fully saturated rings. The van der Waals surface area contributed by atoms with Gasteiger partial charge in [-0.3, -0.25) is 4.79 Å². The van der Waals surface area contributed by atoms with Crippen LogP contribution in [0.15, 0.2) is 41.3 Å². The van der Waals surface area contributed by atoms with Gasteiger partial charge >= 0.3 is 12.1 Å². The molecule has 1 saturated carbocycles. The van der Waals surface area contributed by atoms with E-state index in [4.69, 9.17) is 16.3 Å². The summed E-state index contributed by atoms with van der Waals surface area (Å²) in [5.74, 6) is -1.83. The number of thioether (sulfide) groups is 1. The Morgan fingerprint density at radius 1 is 1.23 bits per heavy atom. The van der Waals surface area contributed by atoms with E-state index in [1.807, 2.05) is 18.4 Å². The molecule has 0 unspecified atom stereocenters. The lowest BCUT2D eigenvalue weighted by Crippen LogP contribution is -2.21. The van der Waals surface area contributed by atoms with Crippen LogP contribution in [0.25, 0.3) is 11.1 Å². The van der Waals surface area contributed by atoms with E-state index in [-0.39, 0.29) is 16.7 Å². The summed E-state index contributed by atoms with van der Waals surface area (Å²) in [6, 6.07) is 10.3. The maximum Gasteiger partial charge on any atom is 0.422 e. The number of benzene rings is 2. The van der Waals surface area contributed by atoms with Crippen LogP contribution in [0.1, 0.15) is 37.2 Å². The number of hydrogen-bond acceptors (Lipinski definition) is 3. The molecule has 2 aromatic carbocycles. The quantitative estimate of drug-likeness (QED) is 0.452. The van der Waals surface area contributed by atoms with Gasteiger partial charge in [-0.2, -0.15) is 13.2 Å². The number of carbonyl (C=O) groups is 1. The van der Waals surface area contributed by atoms with Crippen LogP contribution >= 0.6 is 23.4 Å². The standard InChI is InChI=1S/C22H22ClF3O3S/c1-30-16-8-6-13(7-9-16)17-10-15(19(21(27)28)14-4-2-3-5-14)11-18(23)20(17)29-12-22(24,25)26/h6-11,14,19H,2-5,12H2,1H3,(H,27,28)/t19-/m0/s1. The van der Waals surface area contributed by atoms with Crippen molar-refractivity contribution in [2.24, 2.45) is 5.92 Å². The predicted molar refractivity (Wildman–Crippen MR) is 113 cm³/mol. The molecule has 1 aliphatic rings. The molecule has 0 aliphatic heterocycles. The minimum atomic E-state index is -4.52. The summed E-state index contributed by atoms with van der Waals surface area (Å²) in [6.07, 6.45) is 0.950. The normalized spacial score (nSPS) is 15.9. The minimum absolute atomic E-state index is 0.0211. The van der Waals surface area contributed by atoms with Crippen molar-refractivity contribution in [2.75, 3.05) is 12.9 Å². The van der Waals surface area contributed by atoms with Crippen molar-refractivity contribution in [1.82, 2.24) is 0 Å². The Kier molecular flexibility index (Phi) is 7.24. The van der Waals surface area contributed by atoms with E-state index in [0.717, 1.165) is 30.6 Å². The molecular weight excluding hydrogens is 437 g/mol. The van der Waals surface area contributed by atoms with Crippen LogP contribution in [0, 0.1) is 5.92 Å². The van der Waals surface area contributed by atoms with Gasteiger partial charge in [0.2, 0.25) is 0 Å². The fourth-order valence-electron chi connectivity index (χ4n) is 3.99. The SMILES string of the molecule is CSc1ccc(-c2cc([C@@H](C(=O)O)C3CCCC3)cc(Cl)c2OCC(F)(F)F)cc1. The maximum absolute atomic E-state index is 12.8. The third-order valence-electron chi connectivity index (χ3n) is 5.34. The number of hydrogen-bond donors (Lipinski definition) is 1. The Hall–Kier alpha value is -1.86. The predicted octanol–water partition coefficient (Wildman–Crippen LogP) is 7.03. The third-order valence-corrected chi connectivity index (χ3v) is 6.37. The molecule has 0 heterocycles.